The summed E-state index contributed by atoms with van der Waals surface area (Å²) in [5.41, 5.74) is 8.83. The predicted octanol–water partition coefficient (Wildman–Crippen LogP) is 8.94. The third kappa shape index (κ3) is 5.38. The van der Waals surface area contributed by atoms with Gasteiger partial charge in [-0.3, -0.25) is 0 Å². The fourth-order valence-electron chi connectivity index (χ4n) is 6.40. The normalized spacial score (nSPS) is 22.6. The van der Waals surface area contributed by atoms with Crippen LogP contribution in [-0.4, -0.2) is 0 Å². The first-order valence-corrected chi connectivity index (χ1v) is 13.0. The van der Waals surface area contributed by atoms with E-state index >= 15 is 0 Å². The van der Waals surface area contributed by atoms with Crippen molar-refractivity contribution in [2.45, 2.75) is 87.5 Å². The molecule has 1 heteroatoms. The Bertz CT molecular complexity index is 1060. The van der Waals surface area contributed by atoms with Crippen molar-refractivity contribution in [1.29, 1.82) is 0 Å². The Morgan fingerprint density at radius 1 is 0.909 bits per heavy atom. The Balaban J connectivity index is 2.34. The summed E-state index contributed by atoms with van der Waals surface area (Å²) in [7, 11) is 2.94. The van der Waals surface area contributed by atoms with Crippen LogP contribution in [0.1, 0.15) is 86.3 Å². The Morgan fingerprint density at radius 2 is 1.48 bits per heavy atom. The molecule has 1 aromatic rings. The van der Waals surface area contributed by atoms with Crippen LogP contribution in [0.5, 0.6) is 0 Å². The molecule has 33 heavy (non-hydrogen) atoms. The van der Waals surface area contributed by atoms with Gasteiger partial charge in [-0.1, -0.05) is 103 Å². The van der Waals surface area contributed by atoms with Crippen molar-refractivity contribution >= 4 is 14.5 Å². The van der Waals surface area contributed by atoms with Gasteiger partial charge in [-0.15, -0.1) is 9.24 Å². The lowest BCUT2D eigenvalue weighted by Crippen LogP contribution is -2.31. The van der Waals surface area contributed by atoms with Crippen molar-refractivity contribution in [1.82, 2.24) is 0 Å². The lowest BCUT2D eigenvalue weighted by atomic mass is 9.62. The van der Waals surface area contributed by atoms with Crippen LogP contribution in [0.4, 0.5) is 0 Å². The second-order valence-corrected chi connectivity index (χ2v) is 13.7. The molecule has 0 amide bonds. The number of hydrogen-bond donors (Lipinski definition) is 0. The maximum absolute atomic E-state index is 2.94. The molecular weight excluding hydrogens is 415 g/mol. The van der Waals surface area contributed by atoms with Crippen LogP contribution in [0.25, 0.3) is 0 Å². The van der Waals surface area contributed by atoms with E-state index in [1.165, 1.54) is 38.7 Å². The number of rotatable bonds is 4. The van der Waals surface area contributed by atoms with E-state index < -0.39 is 0 Å². The zero-order valence-corrected chi connectivity index (χ0v) is 23.8. The number of aryl methyl sites for hydroxylation is 1. The SMILES string of the molecule is C/C=C1/C=CC=CC2=C1C(C)(c1ccc(C)c(P)c1)C=C2C(C)(CC(C)(C)C)CC(C)(C)C. The van der Waals surface area contributed by atoms with E-state index in [2.05, 4.69) is 133 Å². The molecule has 0 saturated heterocycles. The minimum atomic E-state index is -0.165. The molecule has 0 aliphatic heterocycles. The fourth-order valence-corrected chi connectivity index (χ4v) is 6.68. The Labute approximate surface area is 206 Å². The van der Waals surface area contributed by atoms with Gasteiger partial charge in [0.15, 0.2) is 0 Å². The van der Waals surface area contributed by atoms with Gasteiger partial charge in [-0.25, -0.2) is 0 Å². The highest BCUT2D eigenvalue weighted by atomic mass is 31.0. The van der Waals surface area contributed by atoms with Gasteiger partial charge in [0.2, 0.25) is 0 Å². The smallest absolute Gasteiger partial charge is 0.0371 e. The average molecular weight is 461 g/mol. The fraction of sp³-hybridized carbons (Fsp3) is 0.500. The predicted molar refractivity (Wildman–Crippen MR) is 151 cm³/mol. The van der Waals surface area contributed by atoms with Gasteiger partial charge in [0.05, 0.1) is 0 Å². The molecule has 0 aromatic heterocycles. The molecule has 0 saturated carbocycles. The molecule has 0 radical (unpaired) electrons. The van der Waals surface area contributed by atoms with Gasteiger partial charge >= 0.3 is 0 Å². The van der Waals surface area contributed by atoms with Crippen LogP contribution < -0.4 is 5.30 Å². The molecule has 2 atom stereocenters. The molecular formula is C32H45P. The number of allylic oxidation sites excluding steroid dienone is 10. The maximum Gasteiger partial charge on any atom is 0.0371 e. The molecule has 0 N–H and O–H groups in total. The van der Waals surface area contributed by atoms with E-state index in [0.717, 1.165) is 12.8 Å². The highest BCUT2D eigenvalue weighted by Crippen LogP contribution is 2.57. The molecule has 3 rings (SSSR count). The summed E-state index contributed by atoms with van der Waals surface area (Å²) in [6.45, 7) is 23.6. The van der Waals surface area contributed by atoms with Crippen molar-refractivity contribution in [2.75, 3.05) is 0 Å². The lowest BCUT2D eigenvalue weighted by Gasteiger charge is -2.42. The number of hydrogen-bond acceptors (Lipinski definition) is 0. The van der Waals surface area contributed by atoms with E-state index in [0.29, 0.717) is 0 Å². The molecule has 2 aliphatic carbocycles. The molecule has 0 fully saturated rings. The summed E-state index contributed by atoms with van der Waals surface area (Å²) < 4.78 is 0. The molecule has 0 spiro atoms. The van der Waals surface area contributed by atoms with Crippen LogP contribution in [0, 0.1) is 23.2 Å². The van der Waals surface area contributed by atoms with Crippen LogP contribution in [0.3, 0.4) is 0 Å². The summed E-state index contributed by atoms with van der Waals surface area (Å²) in [5, 5.41) is 1.28. The van der Waals surface area contributed by atoms with Gasteiger partial charge in [-0.05, 0) is 88.6 Å². The molecule has 0 bridgehead atoms. The zero-order valence-electron chi connectivity index (χ0n) is 22.7. The van der Waals surface area contributed by atoms with Crippen molar-refractivity contribution in [3.8, 4) is 0 Å². The second kappa shape index (κ2) is 8.85. The molecule has 1 aromatic carbocycles. The zero-order chi connectivity index (χ0) is 24.8. The minimum absolute atomic E-state index is 0.0802. The van der Waals surface area contributed by atoms with Gasteiger partial charge in [0.25, 0.3) is 0 Å². The molecule has 2 unspecified atom stereocenters. The lowest BCUT2D eigenvalue weighted by molar-refractivity contribution is 0.161. The maximum atomic E-state index is 2.94. The van der Waals surface area contributed by atoms with Crippen LogP contribution in [-0.2, 0) is 5.41 Å². The highest BCUT2D eigenvalue weighted by Gasteiger charge is 2.46. The molecule has 2 aliphatic rings. The third-order valence-corrected chi connectivity index (χ3v) is 7.75. The second-order valence-electron chi connectivity index (χ2n) is 13.1. The van der Waals surface area contributed by atoms with E-state index in [1.54, 1.807) is 0 Å². The van der Waals surface area contributed by atoms with Gasteiger partial charge in [0, 0.05) is 5.41 Å². The summed E-state index contributed by atoms with van der Waals surface area (Å²) in [6.07, 6.45) is 16.3. The van der Waals surface area contributed by atoms with Crippen LogP contribution >= 0.6 is 9.24 Å². The van der Waals surface area contributed by atoms with E-state index in [9.17, 15) is 0 Å². The van der Waals surface area contributed by atoms with Gasteiger partial charge in [0.1, 0.15) is 0 Å². The van der Waals surface area contributed by atoms with E-state index in [-0.39, 0.29) is 21.7 Å². The Hall–Kier alpha value is -1.65. The first-order chi connectivity index (χ1) is 15.1. The summed E-state index contributed by atoms with van der Waals surface area (Å²) >= 11 is 0. The van der Waals surface area contributed by atoms with E-state index in [1.807, 2.05) is 0 Å². The molecule has 178 valence electrons. The van der Waals surface area contributed by atoms with Crippen molar-refractivity contribution in [2.24, 2.45) is 16.2 Å². The average Bonchev–Trinajstić information content (AvgIpc) is 2.82. The summed E-state index contributed by atoms with van der Waals surface area (Å²) in [4.78, 5) is 0. The quantitative estimate of drug-likeness (QED) is 0.393. The topological polar surface area (TPSA) is 0 Å². The van der Waals surface area contributed by atoms with Crippen LogP contribution in [0.15, 0.2) is 76.9 Å². The van der Waals surface area contributed by atoms with Crippen molar-refractivity contribution in [3.05, 3.63) is 88.1 Å². The molecule has 0 heterocycles. The molecule has 0 nitrogen and oxygen atoms in total. The minimum Gasteiger partial charge on any atom is -0.105 e. The summed E-state index contributed by atoms with van der Waals surface area (Å²) in [5.74, 6) is 0. The van der Waals surface area contributed by atoms with Crippen molar-refractivity contribution in [3.63, 3.8) is 0 Å². The Kier molecular flexibility index (Phi) is 6.96. The largest absolute Gasteiger partial charge is 0.105 e. The van der Waals surface area contributed by atoms with Crippen LogP contribution in [0.2, 0.25) is 0 Å². The Morgan fingerprint density at radius 3 is 2.00 bits per heavy atom. The first-order valence-electron chi connectivity index (χ1n) is 12.5. The monoisotopic (exact) mass is 460 g/mol. The standard InChI is InChI=1S/C32H45P/c1-11-23-14-12-13-15-25-26(31(9,20-29(3,4)5)21-30(6,7)8)19-32(10,28(23)25)24-17-16-22(2)27(33)18-24/h11-19H,20-21,33H2,1-10H3/b23-11-. The third-order valence-electron chi connectivity index (χ3n) is 7.13. The first kappa shape index (κ1) is 26.0. The van der Waals surface area contributed by atoms with Gasteiger partial charge < -0.3 is 0 Å². The number of benzene rings is 1. The highest BCUT2D eigenvalue weighted by molar-refractivity contribution is 7.27. The summed E-state index contributed by atoms with van der Waals surface area (Å²) in [6, 6.07) is 6.99. The van der Waals surface area contributed by atoms with E-state index in [4.69, 9.17) is 0 Å². The van der Waals surface area contributed by atoms with Gasteiger partial charge in [-0.2, -0.15) is 0 Å². The van der Waals surface area contributed by atoms with Crippen molar-refractivity contribution < 1.29 is 0 Å².